The molecule has 0 unspecified atom stereocenters. The molecule has 0 spiro atoms. The van der Waals surface area contributed by atoms with Gasteiger partial charge in [0, 0.05) is 10.0 Å². The zero-order valence-electron chi connectivity index (χ0n) is 10.3. The van der Waals surface area contributed by atoms with Crippen molar-refractivity contribution >= 4 is 50.3 Å². The first-order valence-electron chi connectivity index (χ1n) is 5.34. The number of hydrogen-bond donors (Lipinski definition) is 2. The van der Waals surface area contributed by atoms with Crippen LogP contribution in [0, 0.1) is 14.9 Å². The Bertz CT molecular complexity index is 729. The van der Waals surface area contributed by atoms with E-state index in [2.05, 4.69) is 48.5 Å². The van der Waals surface area contributed by atoms with Crippen molar-refractivity contribution in [2.45, 2.75) is 0 Å². The summed E-state index contributed by atoms with van der Waals surface area (Å²) in [6.45, 7) is 0. The van der Waals surface area contributed by atoms with E-state index in [1.807, 2.05) is 12.1 Å². The standard InChI is InChI=1S/C12H9BrIN5O/c1-20-10-6(2-5(13)3-8(10)14)9-7(4-15)11(16)19-12(17)18-9/h2-3H,1H3,(H4,16,17,18,19). The molecule has 0 fully saturated rings. The normalized spacial score (nSPS) is 10.1. The van der Waals surface area contributed by atoms with Crippen molar-refractivity contribution in [2.75, 3.05) is 18.6 Å². The molecule has 0 aliphatic carbocycles. The van der Waals surface area contributed by atoms with Crippen molar-refractivity contribution < 1.29 is 4.74 Å². The second-order valence-electron chi connectivity index (χ2n) is 3.77. The number of ether oxygens (including phenoxy) is 1. The van der Waals surface area contributed by atoms with E-state index in [-0.39, 0.29) is 17.3 Å². The van der Waals surface area contributed by atoms with Gasteiger partial charge in [-0.2, -0.15) is 10.2 Å². The Balaban J connectivity index is 2.85. The van der Waals surface area contributed by atoms with E-state index in [0.29, 0.717) is 17.0 Å². The van der Waals surface area contributed by atoms with Gasteiger partial charge in [0.2, 0.25) is 5.95 Å². The third-order valence-electron chi connectivity index (χ3n) is 2.53. The van der Waals surface area contributed by atoms with Crippen LogP contribution in [0.1, 0.15) is 5.56 Å². The number of benzene rings is 1. The molecule has 0 amide bonds. The van der Waals surface area contributed by atoms with Crippen molar-refractivity contribution in [1.29, 1.82) is 5.26 Å². The van der Waals surface area contributed by atoms with E-state index < -0.39 is 0 Å². The Morgan fingerprint density at radius 1 is 1.35 bits per heavy atom. The number of nitriles is 1. The van der Waals surface area contributed by atoms with Crippen LogP contribution in [0.15, 0.2) is 16.6 Å². The van der Waals surface area contributed by atoms with Crippen LogP contribution >= 0.6 is 38.5 Å². The predicted molar refractivity (Wildman–Crippen MR) is 88.0 cm³/mol. The van der Waals surface area contributed by atoms with Gasteiger partial charge in [-0.1, -0.05) is 15.9 Å². The minimum Gasteiger partial charge on any atom is -0.495 e. The molecule has 1 aromatic carbocycles. The largest absolute Gasteiger partial charge is 0.495 e. The molecule has 0 atom stereocenters. The van der Waals surface area contributed by atoms with Crippen molar-refractivity contribution in [1.82, 2.24) is 9.97 Å². The Morgan fingerprint density at radius 3 is 2.65 bits per heavy atom. The third-order valence-corrected chi connectivity index (χ3v) is 3.79. The SMILES string of the molecule is COc1c(I)cc(Br)cc1-c1nc(N)nc(N)c1C#N. The number of nitrogens with two attached hydrogens (primary N) is 2. The lowest BCUT2D eigenvalue weighted by atomic mass is 10.1. The van der Waals surface area contributed by atoms with Crippen LogP contribution in [0.3, 0.4) is 0 Å². The molecule has 0 aliphatic heterocycles. The third kappa shape index (κ3) is 2.64. The van der Waals surface area contributed by atoms with E-state index in [9.17, 15) is 5.26 Å². The second-order valence-corrected chi connectivity index (χ2v) is 5.85. The molecule has 0 aliphatic rings. The monoisotopic (exact) mass is 445 g/mol. The number of nitrogen functional groups attached to an aromatic ring is 2. The molecule has 0 radical (unpaired) electrons. The summed E-state index contributed by atoms with van der Waals surface area (Å²) in [5.41, 5.74) is 12.5. The van der Waals surface area contributed by atoms with Gasteiger partial charge in [0.05, 0.1) is 16.4 Å². The van der Waals surface area contributed by atoms with E-state index in [0.717, 1.165) is 8.04 Å². The number of hydrogen-bond acceptors (Lipinski definition) is 6. The van der Waals surface area contributed by atoms with Crippen LogP contribution in [0.5, 0.6) is 5.75 Å². The zero-order valence-corrected chi connectivity index (χ0v) is 14.1. The maximum atomic E-state index is 9.25. The lowest BCUT2D eigenvalue weighted by Crippen LogP contribution is -2.06. The molecule has 20 heavy (non-hydrogen) atoms. The van der Waals surface area contributed by atoms with Crippen LogP contribution in [0.4, 0.5) is 11.8 Å². The average molecular weight is 446 g/mol. The van der Waals surface area contributed by atoms with Crippen LogP contribution in [0.2, 0.25) is 0 Å². The quantitative estimate of drug-likeness (QED) is 0.687. The first-order chi connectivity index (χ1) is 9.47. The Labute approximate surface area is 137 Å². The van der Waals surface area contributed by atoms with Crippen molar-refractivity contribution in [2.24, 2.45) is 0 Å². The van der Waals surface area contributed by atoms with Gasteiger partial charge >= 0.3 is 0 Å². The predicted octanol–water partition coefficient (Wildman–Crippen LogP) is 2.56. The average Bonchev–Trinajstić information content (AvgIpc) is 2.37. The van der Waals surface area contributed by atoms with Crippen molar-refractivity contribution in [3.8, 4) is 23.1 Å². The lowest BCUT2D eigenvalue weighted by Gasteiger charge is -2.13. The van der Waals surface area contributed by atoms with Crippen LogP contribution in [-0.2, 0) is 0 Å². The van der Waals surface area contributed by atoms with E-state index in [1.165, 1.54) is 0 Å². The number of methoxy groups -OCH3 is 1. The molecule has 1 heterocycles. The summed E-state index contributed by atoms with van der Waals surface area (Å²) in [6, 6.07) is 5.69. The van der Waals surface area contributed by atoms with Crippen molar-refractivity contribution in [3.05, 3.63) is 25.7 Å². The summed E-state index contributed by atoms with van der Waals surface area (Å²) in [5.74, 6) is 0.656. The fourth-order valence-corrected chi connectivity index (χ4v) is 3.48. The highest BCUT2D eigenvalue weighted by Gasteiger charge is 2.19. The smallest absolute Gasteiger partial charge is 0.222 e. The van der Waals surface area contributed by atoms with Gasteiger partial charge in [0.15, 0.2) is 0 Å². The Kier molecular flexibility index (Phi) is 4.29. The molecule has 1 aromatic heterocycles. The molecular formula is C12H9BrIN5O. The highest BCUT2D eigenvalue weighted by molar-refractivity contribution is 14.1. The first kappa shape index (κ1) is 14.8. The van der Waals surface area contributed by atoms with Gasteiger partial charge in [0.25, 0.3) is 0 Å². The molecule has 2 rings (SSSR count). The maximum absolute atomic E-state index is 9.25. The van der Waals surface area contributed by atoms with Crippen molar-refractivity contribution in [3.63, 3.8) is 0 Å². The van der Waals surface area contributed by atoms with Gasteiger partial charge in [-0.05, 0) is 34.7 Å². The number of aromatic nitrogens is 2. The van der Waals surface area contributed by atoms with Crippen LogP contribution in [-0.4, -0.2) is 17.1 Å². The number of halogens is 2. The summed E-state index contributed by atoms with van der Waals surface area (Å²) in [4.78, 5) is 7.92. The minimum atomic E-state index is 0.00790. The number of rotatable bonds is 2. The second kappa shape index (κ2) is 5.80. The van der Waals surface area contributed by atoms with Gasteiger partial charge in [0.1, 0.15) is 23.2 Å². The number of anilines is 2. The maximum Gasteiger partial charge on any atom is 0.222 e. The van der Waals surface area contributed by atoms with E-state index in [1.54, 1.807) is 13.2 Å². The summed E-state index contributed by atoms with van der Waals surface area (Å²) in [5, 5.41) is 9.25. The fraction of sp³-hybridized carbons (Fsp3) is 0.0833. The van der Waals surface area contributed by atoms with Gasteiger partial charge in [-0.25, -0.2) is 4.98 Å². The molecule has 102 valence electrons. The Morgan fingerprint density at radius 2 is 2.05 bits per heavy atom. The van der Waals surface area contributed by atoms with E-state index >= 15 is 0 Å². The zero-order chi connectivity index (χ0) is 14.9. The van der Waals surface area contributed by atoms with E-state index in [4.69, 9.17) is 16.2 Å². The lowest BCUT2D eigenvalue weighted by molar-refractivity contribution is 0.413. The molecule has 0 saturated carbocycles. The highest BCUT2D eigenvalue weighted by Crippen LogP contribution is 2.38. The molecule has 2 aromatic rings. The molecule has 0 bridgehead atoms. The Hall–Kier alpha value is -1.60. The summed E-state index contributed by atoms with van der Waals surface area (Å²) in [7, 11) is 1.55. The fourth-order valence-electron chi connectivity index (χ4n) is 1.74. The molecule has 4 N–H and O–H groups in total. The molecule has 8 heteroatoms. The molecular weight excluding hydrogens is 437 g/mol. The summed E-state index contributed by atoms with van der Waals surface area (Å²) >= 11 is 5.54. The molecule has 6 nitrogen and oxygen atoms in total. The summed E-state index contributed by atoms with van der Waals surface area (Å²) < 4.78 is 7.09. The van der Waals surface area contributed by atoms with Gasteiger partial charge in [-0.3, -0.25) is 0 Å². The van der Waals surface area contributed by atoms with Crippen LogP contribution < -0.4 is 16.2 Å². The van der Waals surface area contributed by atoms with Crippen LogP contribution in [0.25, 0.3) is 11.3 Å². The highest BCUT2D eigenvalue weighted by atomic mass is 127. The van der Waals surface area contributed by atoms with Gasteiger partial charge < -0.3 is 16.2 Å². The van der Waals surface area contributed by atoms with Gasteiger partial charge in [-0.15, -0.1) is 0 Å². The minimum absolute atomic E-state index is 0.00790. The number of nitrogens with zero attached hydrogens (tertiary/aromatic N) is 3. The summed E-state index contributed by atoms with van der Waals surface area (Å²) in [6.07, 6.45) is 0. The first-order valence-corrected chi connectivity index (χ1v) is 7.21. The topological polar surface area (TPSA) is 111 Å². The molecule has 0 saturated heterocycles.